The van der Waals surface area contributed by atoms with Crippen LogP contribution in [-0.4, -0.2) is 4.98 Å². The summed E-state index contributed by atoms with van der Waals surface area (Å²) in [7, 11) is 0. The molecule has 2 aromatic carbocycles. The molecule has 1 aromatic heterocycles. The number of benzene rings is 2. The number of aromatic nitrogens is 1. The Kier molecular flexibility index (Phi) is 2.54. The van der Waals surface area contributed by atoms with Gasteiger partial charge in [-0.3, -0.25) is 0 Å². The summed E-state index contributed by atoms with van der Waals surface area (Å²) in [4.78, 5) is 4.62. The van der Waals surface area contributed by atoms with Gasteiger partial charge in [-0.1, -0.05) is 48.0 Å². The van der Waals surface area contributed by atoms with Gasteiger partial charge in [0.1, 0.15) is 0 Å². The molecule has 0 saturated carbocycles. The van der Waals surface area contributed by atoms with Crippen molar-refractivity contribution in [1.82, 2.24) is 4.98 Å². The average Bonchev–Trinajstić information content (AvgIpc) is 2.40. The second kappa shape index (κ2) is 4.19. The lowest BCUT2D eigenvalue weighted by Gasteiger charge is -2.04. The smallest absolute Gasteiger partial charge is 0.0724 e. The van der Waals surface area contributed by atoms with Crippen LogP contribution in [0.2, 0.25) is 5.02 Å². The van der Waals surface area contributed by atoms with Crippen LogP contribution in [0.1, 0.15) is 0 Å². The van der Waals surface area contributed by atoms with Crippen molar-refractivity contribution in [3.63, 3.8) is 0 Å². The van der Waals surface area contributed by atoms with E-state index in [0.29, 0.717) is 0 Å². The first kappa shape index (κ1) is 10.3. The van der Waals surface area contributed by atoms with Crippen molar-refractivity contribution in [1.29, 1.82) is 0 Å². The van der Waals surface area contributed by atoms with E-state index < -0.39 is 0 Å². The van der Waals surface area contributed by atoms with Gasteiger partial charge in [0.15, 0.2) is 0 Å². The summed E-state index contributed by atoms with van der Waals surface area (Å²) in [6.07, 6.45) is 0. The van der Waals surface area contributed by atoms with Crippen molar-refractivity contribution in [2.45, 2.75) is 0 Å². The highest BCUT2D eigenvalue weighted by Gasteiger charge is 2.02. The van der Waals surface area contributed by atoms with Gasteiger partial charge in [-0.25, -0.2) is 4.98 Å². The van der Waals surface area contributed by atoms with Gasteiger partial charge in [0.25, 0.3) is 0 Å². The zero-order valence-corrected chi connectivity index (χ0v) is 9.85. The van der Waals surface area contributed by atoms with Crippen LogP contribution < -0.4 is 0 Å². The maximum absolute atomic E-state index is 6.12. The molecule has 3 rings (SSSR count). The number of fused-ring (bicyclic) bond motifs is 1. The fourth-order valence-corrected chi connectivity index (χ4v) is 2.12. The molecule has 0 radical (unpaired) electrons. The zero-order valence-electron chi connectivity index (χ0n) is 9.10. The predicted molar refractivity (Wildman–Crippen MR) is 72.2 cm³/mol. The number of hydrogen-bond acceptors (Lipinski definition) is 1. The van der Waals surface area contributed by atoms with E-state index in [1.807, 2.05) is 48.5 Å². The average molecular weight is 240 g/mol. The molecular weight excluding hydrogens is 230 g/mol. The van der Waals surface area contributed by atoms with E-state index in [1.54, 1.807) is 0 Å². The summed E-state index contributed by atoms with van der Waals surface area (Å²) in [5.74, 6) is 0. The van der Waals surface area contributed by atoms with Crippen molar-refractivity contribution in [2.75, 3.05) is 0 Å². The highest BCUT2D eigenvalue weighted by atomic mass is 35.5. The van der Waals surface area contributed by atoms with E-state index in [0.717, 1.165) is 27.2 Å². The van der Waals surface area contributed by atoms with Crippen LogP contribution in [0.25, 0.3) is 22.2 Å². The van der Waals surface area contributed by atoms with E-state index in [9.17, 15) is 0 Å². The molecule has 82 valence electrons. The van der Waals surface area contributed by atoms with Gasteiger partial charge in [0.2, 0.25) is 0 Å². The van der Waals surface area contributed by atoms with Gasteiger partial charge in [-0.2, -0.15) is 0 Å². The minimum absolute atomic E-state index is 0.745. The summed E-state index contributed by atoms with van der Waals surface area (Å²) in [6, 6.07) is 19.9. The number of rotatable bonds is 1. The molecule has 0 saturated heterocycles. The minimum Gasteiger partial charge on any atom is -0.248 e. The molecule has 0 spiro atoms. The molecule has 17 heavy (non-hydrogen) atoms. The largest absolute Gasteiger partial charge is 0.248 e. The molecule has 1 nitrogen and oxygen atoms in total. The Morgan fingerprint density at radius 1 is 0.765 bits per heavy atom. The van der Waals surface area contributed by atoms with Crippen molar-refractivity contribution in [3.05, 3.63) is 65.7 Å². The molecule has 0 amide bonds. The Balaban J connectivity index is 2.21. The molecule has 0 aliphatic carbocycles. The summed E-state index contributed by atoms with van der Waals surface area (Å²) < 4.78 is 0. The first-order valence-electron chi connectivity index (χ1n) is 5.45. The second-order valence-electron chi connectivity index (χ2n) is 3.87. The third-order valence-corrected chi connectivity index (χ3v) is 3.08. The van der Waals surface area contributed by atoms with Crippen LogP contribution in [0.15, 0.2) is 60.7 Å². The fourth-order valence-electron chi connectivity index (χ4n) is 1.89. The topological polar surface area (TPSA) is 12.9 Å². The Morgan fingerprint density at radius 2 is 1.59 bits per heavy atom. The van der Waals surface area contributed by atoms with Crippen LogP contribution >= 0.6 is 11.6 Å². The highest BCUT2D eigenvalue weighted by molar-refractivity contribution is 6.35. The Hall–Kier alpha value is -1.86. The maximum Gasteiger partial charge on any atom is 0.0724 e. The Labute approximate surface area is 105 Å². The van der Waals surface area contributed by atoms with E-state index >= 15 is 0 Å². The summed E-state index contributed by atoms with van der Waals surface area (Å²) in [5, 5.41) is 1.74. The lowest BCUT2D eigenvalue weighted by atomic mass is 10.1. The van der Waals surface area contributed by atoms with E-state index in [1.165, 1.54) is 0 Å². The zero-order chi connectivity index (χ0) is 11.7. The van der Waals surface area contributed by atoms with Gasteiger partial charge >= 0.3 is 0 Å². The number of hydrogen-bond donors (Lipinski definition) is 0. The summed E-state index contributed by atoms with van der Waals surface area (Å²) in [5.41, 5.74) is 3.02. The van der Waals surface area contributed by atoms with Crippen LogP contribution in [0.5, 0.6) is 0 Å². The minimum atomic E-state index is 0.745. The maximum atomic E-state index is 6.12. The highest BCUT2D eigenvalue weighted by Crippen LogP contribution is 2.25. The standard InChI is InChI=1S/C15H10ClN/c16-13-7-4-8-15-12(13)9-10-14(17-15)11-5-2-1-3-6-11/h1-10H. The van der Waals surface area contributed by atoms with Crippen molar-refractivity contribution in [3.8, 4) is 11.3 Å². The molecule has 0 N–H and O–H groups in total. The van der Waals surface area contributed by atoms with Gasteiger partial charge in [-0.05, 0) is 24.3 Å². The molecule has 2 heteroatoms. The molecule has 3 aromatic rings. The van der Waals surface area contributed by atoms with Gasteiger partial charge in [0, 0.05) is 16.0 Å². The van der Waals surface area contributed by atoms with E-state index in [-0.39, 0.29) is 0 Å². The molecule has 0 bridgehead atoms. The third-order valence-electron chi connectivity index (χ3n) is 2.75. The molecule has 0 atom stereocenters. The number of nitrogens with zero attached hydrogens (tertiary/aromatic N) is 1. The third kappa shape index (κ3) is 1.90. The van der Waals surface area contributed by atoms with E-state index in [4.69, 9.17) is 11.6 Å². The molecule has 1 heterocycles. The van der Waals surface area contributed by atoms with Gasteiger partial charge < -0.3 is 0 Å². The van der Waals surface area contributed by atoms with Crippen molar-refractivity contribution >= 4 is 22.5 Å². The van der Waals surface area contributed by atoms with Crippen LogP contribution in [0, 0.1) is 0 Å². The van der Waals surface area contributed by atoms with E-state index in [2.05, 4.69) is 17.1 Å². The first-order chi connectivity index (χ1) is 8.34. The first-order valence-corrected chi connectivity index (χ1v) is 5.83. The Morgan fingerprint density at radius 3 is 2.41 bits per heavy atom. The van der Waals surface area contributed by atoms with Crippen molar-refractivity contribution < 1.29 is 0 Å². The van der Waals surface area contributed by atoms with Crippen molar-refractivity contribution in [2.24, 2.45) is 0 Å². The van der Waals surface area contributed by atoms with Gasteiger partial charge in [0.05, 0.1) is 11.2 Å². The SMILES string of the molecule is Clc1cccc2nc(-c3ccccc3)ccc12. The summed E-state index contributed by atoms with van der Waals surface area (Å²) >= 11 is 6.12. The lowest BCUT2D eigenvalue weighted by Crippen LogP contribution is -1.85. The lowest BCUT2D eigenvalue weighted by molar-refractivity contribution is 1.40. The summed E-state index contributed by atoms with van der Waals surface area (Å²) in [6.45, 7) is 0. The monoisotopic (exact) mass is 239 g/mol. The predicted octanol–water partition coefficient (Wildman–Crippen LogP) is 4.56. The second-order valence-corrected chi connectivity index (χ2v) is 4.28. The Bertz CT molecular complexity index is 662. The quantitative estimate of drug-likeness (QED) is 0.607. The molecule has 0 aliphatic heterocycles. The van der Waals surface area contributed by atoms with Crippen LogP contribution in [0.4, 0.5) is 0 Å². The molecule has 0 aliphatic rings. The van der Waals surface area contributed by atoms with Gasteiger partial charge in [-0.15, -0.1) is 0 Å². The van der Waals surface area contributed by atoms with Crippen LogP contribution in [-0.2, 0) is 0 Å². The molecule has 0 fully saturated rings. The number of halogens is 1. The molecule has 0 unspecified atom stereocenters. The van der Waals surface area contributed by atoms with Crippen LogP contribution in [0.3, 0.4) is 0 Å². The number of pyridine rings is 1. The fraction of sp³-hybridized carbons (Fsp3) is 0. The molecular formula is C15H10ClN. The normalized spacial score (nSPS) is 10.6.